The number of anilines is 1. The second-order valence-corrected chi connectivity index (χ2v) is 7.48. The molecule has 2 aromatic carbocycles. The van der Waals surface area contributed by atoms with Gasteiger partial charge in [0.05, 0.1) is 16.5 Å². The lowest BCUT2D eigenvalue weighted by Crippen LogP contribution is -2.26. The second-order valence-electron chi connectivity index (χ2n) is 5.70. The highest BCUT2D eigenvalue weighted by Crippen LogP contribution is 2.22. The third-order valence-electron chi connectivity index (χ3n) is 3.90. The molecule has 0 saturated heterocycles. The maximum absolute atomic E-state index is 12.5. The molecule has 0 spiro atoms. The van der Waals surface area contributed by atoms with Gasteiger partial charge < -0.3 is 9.84 Å². The van der Waals surface area contributed by atoms with E-state index >= 15 is 0 Å². The zero-order chi connectivity index (χ0) is 18.7. The molecule has 9 heteroatoms. The van der Waals surface area contributed by atoms with Crippen LogP contribution in [0.25, 0.3) is 11.0 Å². The molecule has 0 radical (unpaired) electrons. The van der Waals surface area contributed by atoms with Gasteiger partial charge in [-0.3, -0.25) is 9.35 Å². The first-order valence-electron chi connectivity index (χ1n) is 7.71. The van der Waals surface area contributed by atoms with Crippen LogP contribution in [-0.4, -0.2) is 29.8 Å². The van der Waals surface area contributed by atoms with E-state index in [0.29, 0.717) is 29.1 Å². The standard InChI is InChI=1S/C17H16N2O5S2/c20-17(18-12-5-7-13(8-6-12)26(21,22)23)11(10-25)9-15-14-3-1-2-4-16(14)24-19-15/h1-8,11,25H,9-10H2,(H,18,20)(H,21,22,23). The van der Waals surface area contributed by atoms with Crippen LogP contribution in [0, 0.1) is 5.92 Å². The molecule has 1 amide bonds. The molecular formula is C17H16N2O5S2. The number of amides is 1. The number of nitrogens with one attached hydrogen (secondary N) is 1. The normalized spacial score (nSPS) is 12.8. The van der Waals surface area contributed by atoms with Crippen molar-refractivity contribution in [2.45, 2.75) is 11.3 Å². The van der Waals surface area contributed by atoms with Crippen LogP contribution in [0.4, 0.5) is 5.69 Å². The molecule has 0 fully saturated rings. The van der Waals surface area contributed by atoms with Crippen molar-refractivity contribution in [2.24, 2.45) is 5.92 Å². The Morgan fingerprint density at radius 3 is 2.54 bits per heavy atom. The third-order valence-corrected chi connectivity index (χ3v) is 5.21. The Labute approximate surface area is 155 Å². The fourth-order valence-electron chi connectivity index (χ4n) is 2.51. The van der Waals surface area contributed by atoms with Crippen molar-refractivity contribution in [1.82, 2.24) is 5.16 Å². The van der Waals surface area contributed by atoms with Crippen molar-refractivity contribution in [3.63, 3.8) is 0 Å². The van der Waals surface area contributed by atoms with E-state index in [1.54, 1.807) is 6.07 Å². The molecule has 2 N–H and O–H groups in total. The first kappa shape index (κ1) is 18.4. The summed E-state index contributed by atoms with van der Waals surface area (Å²) >= 11 is 4.25. The lowest BCUT2D eigenvalue weighted by Gasteiger charge is -2.13. The van der Waals surface area contributed by atoms with Crippen LogP contribution < -0.4 is 5.32 Å². The molecule has 0 aliphatic rings. The predicted octanol–water partition coefficient (Wildman–Crippen LogP) is 2.80. The van der Waals surface area contributed by atoms with Gasteiger partial charge in [-0.05, 0) is 36.4 Å². The number of hydrogen-bond acceptors (Lipinski definition) is 6. The van der Waals surface area contributed by atoms with Gasteiger partial charge in [0, 0.05) is 23.2 Å². The number of para-hydroxylation sites is 1. The molecule has 1 aromatic heterocycles. The zero-order valence-electron chi connectivity index (χ0n) is 13.5. The van der Waals surface area contributed by atoms with E-state index in [2.05, 4.69) is 23.1 Å². The number of hydrogen-bond donors (Lipinski definition) is 3. The van der Waals surface area contributed by atoms with E-state index in [-0.39, 0.29) is 10.8 Å². The van der Waals surface area contributed by atoms with E-state index in [9.17, 15) is 13.2 Å². The highest BCUT2D eigenvalue weighted by Gasteiger charge is 2.21. The van der Waals surface area contributed by atoms with Crippen LogP contribution in [0.2, 0.25) is 0 Å². The summed E-state index contributed by atoms with van der Waals surface area (Å²) in [6.07, 6.45) is 0.357. The summed E-state index contributed by atoms with van der Waals surface area (Å²) in [5.74, 6) is -0.421. The Bertz CT molecular complexity index is 1030. The average molecular weight is 392 g/mol. The zero-order valence-corrected chi connectivity index (χ0v) is 15.2. The number of benzene rings is 2. The summed E-state index contributed by atoms with van der Waals surface area (Å²) < 4.78 is 36.3. The molecule has 1 unspecified atom stereocenters. The highest BCUT2D eigenvalue weighted by atomic mass is 32.2. The first-order chi connectivity index (χ1) is 12.4. The molecular weight excluding hydrogens is 376 g/mol. The molecule has 1 heterocycles. The Kier molecular flexibility index (Phi) is 5.30. The molecule has 0 saturated carbocycles. The quantitative estimate of drug-likeness (QED) is 0.440. The van der Waals surface area contributed by atoms with Gasteiger partial charge in [-0.2, -0.15) is 21.0 Å². The number of nitrogens with zero attached hydrogens (tertiary/aromatic N) is 1. The molecule has 0 aliphatic heterocycles. The summed E-state index contributed by atoms with van der Waals surface area (Å²) in [7, 11) is -4.27. The predicted molar refractivity (Wildman–Crippen MR) is 99.9 cm³/mol. The van der Waals surface area contributed by atoms with Gasteiger partial charge in [-0.15, -0.1) is 0 Å². The van der Waals surface area contributed by atoms with Gasteiger partial charge in [-0.1, -0.05) is 17.3 Å². The minimum Gasteiger partial charge on any atom is -0.356 e. The van der Waals surface area contributed by atoms with Crippen molar-refractivity contribution in [3.8, 4) is 0 Å². The van der Waals surface area contributed by atoms with Crippen molar-refractivity contribution in [3.05, 3.63) is 54.2 Å². The van der Waals surface area contributed by atoms with Crippen molar-refractivity contribution in [1.29, 1.82) is 0 Å². The number of carbonyl (C=O) groups is 1. The summed E-state index contributed by atoms with van der Waals surface area (Å²) in [6.45, 7) is 0. The van der Waals surface area contributed by atoms with Gasteiger partial charge >= 0.3 is 0 Å². The fourth-order valence-corrected chi connectivity index (χ4v) is 3.29. The van der Waals surface area contributed by atoms with E-state index < -0.39 is 16.0 Å². The smallest absolute Gasteiger partial charge is 0.294 e. The maximum Gasteiger partial charge on any atom is 0.294 e. The van der Waals surface area contributed by atoms with Crippen molar-refractivity contribution < 1.29 is 22.3 Å². The first-order valence-corrected chi connectivity index (χ1v) is 9.78. The Balaban J connectivity index is 1.73. The second kappa shape index (κ2) is 7.48. The number of rotatable bonds is 6. The SMILES string of the molecule is O=C(Nc1ccc(S(=O)(=O)O)cc1)C(CS)Cc1noc2ccccc12. The molecule has 26 heavy (non-hydrogen) atoms. The van der Waals surface area contributed by atoms with E-state index in [0.717, 1.165) is 5.39 Å². The average Bonchev–Trinajstić information content (AvgIpc) is 3.02. The molecule has 7 nitrogen and oxygen atoms in total. The number of aromatic nitrogens is 1. The molecule has 136 valence electrons. The molecule has 1 atom stereocenters. The van der Waals surface area contributed by atoms with Gasteiger partial charge in [0.25, 0.3) is 10.1 Å². The number of carbonyl (C=O) groups excluding carboxylic acids is 1. The van der Waals surface area contributed by atoms with Crippen LogP contribution in [0.15, 0.2) is 57.9 Å². The summed E-state index contributed by atoms with van der Waals surface area (Å²) in [6, 6.07) is 12.6. The minimum atomic E-state index is -4.27. The molecule has 0 aliphatic carbocycles. The van der Waals surface area contributed by atoms with E-state index in [1.165, 1.54) is 24.3 Å². The Morgan fingerprint density at radius 2 is 1.88 bits per heavy atom. The topological polar surface area (TPSA) is 110 Å². The van der Waals surface area contributed by atoms with Crippen molar-refractivity contribution >= 4 is 45.3 Å². The Hall–Kier alpha value is -2.36. The van der Waals surface area contributed by atoms with Crippen LogP contribution in [-0.2, 0) is 21.3 Å². The van der Waals surface area contributed by atoms with Gasteiger partial charge in [0.2, 0.25) is 5.91 Å². The maximum atomic E-state index is 12.5. The van der Waals surface area contributed by atoms with Crippen LogP contribution in [0.1, 0.15) is 5.69 Å². The van der Waals surface area contributed by atoms with Gasteiger partial charge in [0.1, 0.15) is 0 Å². The van der Waals surface area contributed by atoms with Crippen LogP contribution in [0.3, 0.4) is 0 Å². The minimum absolute atomic E-state index is 0.240. The fraction of sp³-hybridized carbons (Fsp3) is 0.176. The van der Waals surface area contributed by atoms with Crippen LogP contribution >= 0.6 is 12.6 Å². The lowest BCUT2D eigenvalue weighted by atomic mass is 10.0. The highest BCUT2D eigenvalue weighted by molar-refractivity contribution is 7.85. The molecule has 3 rings (SSSR count). The summed E-state index contributed by atoms with van der Waals surface area (Å²) in [4.78, 5) is 12.3. The number of thiol groups is 1. The Morgan fingerprint density at radius 1 is 1.19 bits per heavy atom. The number of fused-ring (bicyclic) bond motifs is 1. The van der Waals surface area contributed by atoms with Gasteiger partial charge in [-0.25, -0.2) is 0 Å². The lowest BCUT2D eigenvalue weighted by molar-refractivity contribution is -0.119. The van der Waals surface area contributed by atoms with E-state index in [4.69, 9.17) is 9.08 Å². The monoisotopic (exact) mass is 392 g/mol. The summed E-state index contributed by atoms with van der Waals surface area (Å²) in [5, 5.41) is 7.59. The molecule has 3 aromatic rings. The molecule has 0 bridgehead atoms. The van der Waals surface area contributed by atoms with Gasteiger partial charge in [0.15, 0.2) is 5.58 Å². The summed E-state index contributed by atoms with van der Waals surface area (Å²) in [5.41, 5.74) is 1.75. The van der Waals surface area contributed by atoms with E-state index in [1.807, 2.05) is 18.2 Å². The van der Waals surface area contributed by atoms with Crippen molar-refractivity contribution in [2.75, 3.05) is 11.1 Å². The largest absolute Gasteiger partial charge is 0.356 e. The van der Waals surface area contributed by atoms with Crippen LogP contribution in [0.5, 0.6) is 0 Å². The third kappa shape index (κ3) is 4.06.